The van der Waals surface area contributed by atoms with Gasteiger partial charge in [0.05, 0.1) is 34.6 Å². The molecule has 0 aliphatic carbocycles. The summed E-state index contributed by atoms with van der Waals surface area (Å²) in [6, 6.07) is 7.93. The Morgan fingerprint density at radius 1 is 1.41 bits per heavy atom. The van der Waals surface area contributed by atoms with Crippen LogP contribution in [-0.2, 0) is 6.54 Å². The maximum absolute atomic E-state index is 13.5. The number of furan rings is 1. The Balaban J connectivity index is 2.10. The maximum atomic E-state index is 13.5. The summed E-state index contributed by atoms with van der Waals surface area (Å²) >= 11 is 3.31. The minimum atomic E-state index is -0.452. The van der Waals surface area contributed by atoms with Gasteiger partial charge in [0.25, 0.3) is 0 Å². The smallest absolute Gasteiger partial charge is 0.147 e. The van der Waals surface area contributed by atoms with E-state index in [4.69, 9.17) is 9.68 Å². The van der Waals surface area contributed by atoms with Crippen LogP contribution >= 0.6 is 15.9 Å². The highest BCUT2D eigenvalue weighted by Crippen LogP contribution is 2.20. The van der Waals surface area contributed by atoms with Gasteiger partial charge in [0.15, 0.2) is 0 Å². The third-order valence-corrected chi connectivity index (χ3v) is 2.94. The Kier molecular flexibility index (Phi) is 3.45. The molecule has 0 unspecified atom stereocenters. The van der Waals surface area contributed by atoms with Gasteiger partial charge >= 0.3 is 0 Å². The molecule has 0 fully saturated rings. The van der Waals surface area contributed by atoms with Crippen molar-refractivity contribution in [1.82, 2.24) is 0 Å². The number of anilines is 1. The molecule has 0 aliphatic rings. The topological polar surface area (TPSA) is 49.0 Å². The number of nitriles is 1. The van der Waals surface area contributed by atoms with Crippen molar-refractivity contribution in [3.05, 3.63) is 52.1 Å². The minimum Gasteiger partial charge on any atom is -0.466 e. The summed E-state index contributed by atoms with van der Waals surface area (Å²) in [5.74, 6) is 0.237. The van der Waals surface area contributed by atoms with Gasteiger partial charge < -0.3 is 9.73 Å². The molecular weight excluding hydrogens is 287 g/mol. The molecule has 2 rings (SSSR count). The largest absolute Gasteiger partial charge is 0.466 e. The van der Waals surface area contributed by atoms with E-state index in [1.165, 1.54) is 12.1 Å². The van der Waals surface area contributed by atoms with Crippen molar-refractivity contribution in [2.45, 2.75) is 6.54 Å². The van der Waals surface area contributed by atoms with Gasteiger partial charge in [-0.15, -0.1) is 0 Å². The molecule has 3 nitrogen and oxygen atoms in total. The Morgan fingerprint density at radius 3 is 2.82 bits per heavy atom. The fraction of sp³-hybridized carbons (Fsp3) is 0.0833. The molecule has 0 aliphatic heterocycles. The number of hydrogen-bond donors (Lipinski definition) is 1. The second-order valence-corrected chi connectivity index (χ2v) is 4.21. The van der Waals surface area contributed by atoms with E-state index in [0.29, 0.717) is 23.6 Å². The van der Waals surface area contributed by atoms with E-state index in [9.17, 15) is 4.39 Å². The molecule has 0 atom stereocenters. The zero-order chi connectivity index (χ0) is 12.3. The molecule has 0 bridgehead atoms. The van der Waals surface area contributed by atoms with Crippen molar-refractivity contribution in [2.24, 2.45) is 0 Å². The highest BCUT2D eigenvalue weighted by atomic mass is 79.9. The summed E-state index contributed by atoms with van der Waals surface area (Å²) in [5, 5.41) is 11.5. The number of hydrogen-bond acceptors (Lipinski definition) is 3. The quantitative estimate of drug-likeness (QED) is 0.940. The Hall–Kier alpha value is -1.80. The molecule has 0 spiro atoms. The molecule has 1 aromatic heterocycles. The highest BCUT2D eigenvalue weighted by molar-refractivity contribution is 9.10. The van der Waals surface area contributed by atoms with Crippen LogP contribution in [0.3, 0.4) is 0 Å². The zero-order valence-electron chi connectivity index (χ0n) is 8.71. The number of rotatable bonds is 3. The lowest BCUT2D eigenvalue weighted by Gasteiger charge is -2.06. The molecule has 86 valence electrons. The lowest BCUT2D eigenvalue weighted by Crippen LogP contribution is -2.01. The van der Waals surface area contributed by atoms with Crippen LogP contribution < -0.4 is 5.32 Å². The van der Waals surface area contributed by atoms with Gasteiger partial charge in [-0.3, -0.25) is 0 Å². The van der Waals surface area contributed by atoms with Crippen LogP contribution in [0.25, 0.3) is 0 Å². The fourth-order valence-corrected chi connectivity index (χ4v) is 1.70. The van der Waals surface area contributed by atoms with Crippen molar-refractivity contribution < 1.29 is 8.81 Å². The molecule has 0 saturated heterocycles. The van der Waals surface area contributed by atoms with Gasteiger partial charge in [0, 0.05) is 0 Å². The van der Waals surface area contributed by atoms with Gasteiger partial charge in [-0.25, -0.2) is 4.39 Å². The third-order valence-electron chi connectivity index (χ3n) is 2.23. The van der Waals surface area contributed by atoms with Crippen LogP contribution in [-0.4, -0.2) is 0 Å². The Morgan fingerprint density at radius 2 is 2.24 bits per heavy atom. The number of halogens is 2. The maximum Gasteiger partial charge on any atom is 0.147 e. The fourth-order valence-electron chi connectivity index (χ4n) is 1.35. The third kappa shape index (κ3) is 2.66. The number of nitrogens with zero attached hydrogens (tertiary/aromatic N) is 1. The predicted molar refractivity (Wildman–Crippen MR) is 64.8 cm³/mol. The van der Waals surface area contributed by atoms with E-state index in [1.54, 1.807) is 18.4 Å². The summed E-state index contributed by atoms with van der Waals surface area (Å²) < 4.78 is 19.5. The van der Waals surface area contributed by atoms with Gasteiger partial charge in [-0.2, -0.15) is 5.26 Å². The van der Waals surface area contributed by atoms with Crippen molar-refractivity contribution >= 4 is 21.6 Å². The first-order chi connectivity index (χ1) is 8.20. The molecule has 2 aromatic rings. The molecule has 0 amide bonds. The monoisotopic (exact) mass is 294 g/mol. The van der Waals surface area contributed by atoms with Crippen LogP contribution in [0, 0.1) is 17.1 Å². The Bertz CT molecular complexity index is 574. The standard InChI is InChI=1S/C12H8BrFN2O/c13-9-3-4-17-12(9)7-16-11-2-1-8(6-15)5-10(11)14/h1-5,16H,7H2. The van der Waals surface area contributed by atoms with Crippen LogP contribution in [0.2, 0.25) is 0 Å². The molecule has 1 aromatic carbocycles. The van der Waals surface area contributed by atoms with Gasteiger partial charge in [-0.1, -0.05) is 0 Å². The van der Waals surface area contributed by atoms with E-state index < -0.39 is 5.82 Å². The van der Waals surface area contributed by atoms with E-state index in [0.717, 1.165) is 4.47 Å². The van der Waals surface area contributed by atoms with Gasteiger partial charge in [-0.05, 0) is 40.2 Å². The summed E-state index contributed by atoms with van der Waals surface area (Å²) in [4.78, 5) is 0. The van der Waals surface area contributed by atoms with E-state index >= 15 is 0 Å². The predicted octanol–water partition coefficient (Wildman–Crippen LogP) is 3.66. The van der Waals surface area contributed by atoms with E-state index in [2.05, 4.69) is 21.2 Å². The van der Waals surface area contributed by atoms with Crippen molar-refractivity contribution in [2.75, 3.05) is 5.32 Å². The first kappa shape index (κ1) is 11.7. The highest BCUT2D eigenvalue weighted by Gasteiger charge is 2.06. The second kappa shape index (κ2) is 5.02. The van der Waals surface area contributed by atoms with Crippen LogP contribution in [0.4, 0.5) is 10.1 Å². The van der Waals surface area contributed by atoms with Crippen LogP contribution in [0.5, 0.6) is 0 Å². The Labute approximate surface area is 106 Å². The summed E-state index contributed by atoms with van der Waals surface area (Å²) in [6.45, 7) is 0.371. The summed E-state index contributed by atoms with van der Waals surface area (Å²) in [7, 11) is 0. The molecule has 17 heavy (non-hydrogen) atoms. The molecule has 5 heteroatoms. The number of benzene rings is 1. The van der Waals surface area contributed by atoms with Crippen molar-refractivity contribution in [1.29, 1.82) is 5.26 Å². The minimum absolute atomic E-state index is 0.298. The molecule has 0 saturated carbocycles. The second-order valence-electron chi connectivity index (χ2n) is 3.35. The molecular formula is C12H8BrFN2O. The summed E-state index contributed by atoms with van der Waals surface area (Å²) in [6.07, 6.45) is 1.55. The SMILES string of the molecule is N#Cc1ccc(NCc2occc2Br)c(F)c1. The number of nitrogens with one attached hydrogen (secondary N) is 1. The van der Waals surface area contributed by atoms with Gasteiger partial charge in [0.1, 0.15) is 11.6 Å². The van der Waals surface area contributed by atoms with Crippen molar-refractivity contribution in [3.63, 3.8) is 0 Å². The lowest BCUT2D eigenvalue weighted by atomic mass is 10.2. The van der Waals surface area contributed by atoms with E-state index in [-0.39, 0.29) is 0 Å². The van der Waals surface area contributed by atoms with Gasteiger partial charge in [0.2, 0.25) is 0 Å². The normalized spacial score (nSPS) is 9.94. The van der Waals surface area contributed by atoms with Crippen LogP contribution in [0.1, 0.15) is 11.3 Å². The zero-order valence-corrected chi connectivity index (χ0v) is 10.3. The lowest BCUT2D eigenvalue weighted by molar-refractivity contribution is 0.515. The molecule has 0 radical (unpaired) electrons. The summed E-state index contributed by atoms with van der Waals surface area (Å²) in [5.41, 5.74) is 0.638. The molecule has 1 N–H and O–H groups in total. The first-order valence-electron chi connectivity index (χ1n) is 4.86. The first-order valence-corrected chi connectivity index (χ1v) is 5.65. The van der Waals surface area contributed by atoms with Crippen LogP contribution in [0.15, 0.2) is 39.4 Å². The van der Waals surface area contributed by atoms with Crippen molar-refractivity contribution in [3.8, 4) is 6.07 Å². The molecule has 1 heterocycles. The average Bonchev–Trinajstić information content (AvgIpc) is 2.73. The average molecular weight is 295 g/mol. The van der Waals surface area contributed by atoms with E-state index in [1.807, 2.05) is 6.07 Å².